The van der Waals surface area contributed by atoms with Gasteiger partial charge in [-0.2, -0.15) is 0 Å². The molecule has 2 N–H and O–H groups in total. The van der Waals surface area contributed by atoms with Gasteiger partial charge >= 0.3 is 0 Å². The van der Waals surface area contributed by atoms with Gasteiger partial charge in [-0.25, -0.2) is 0 Å². The first-order valence-electron chi connectivity index (χ1n) is 5.83. The first kappa shape index (κ1) is 11.4. The molecule has 0 aromatic heterocycles. The molecule has 3 nitrogen and oxygen atoms in total. The average molecular weight is 221 g/mol. The van der Waals surface area contributed by atoms with E-state index in [9.17, 15) is 0 Å². The molecule has 1 heterocycles. The smallest absolute Gasteiger partial charge is 0.122 e. The molecule has 3 heteroatoms. The first-order chi connectivity index (χ1) is 7.79. The van der Waals surface area contributed by atoms with Gasteiger partial charge in [-0.3, -0.25) is 0 Å². The lowest BCUT2D eigenvalue weighted by Gasteiger charge is -2.14. The third kappa shape index (κ3) is 2.74. The van der Waals surface area contributed by atoms with Crippen LogP contribution < -0.4 is 10.5 Å². The molecule has 1 aliphatic rings. The van der Waals surface area contributed by atoms with Crippen LogP contribution in [0.3, 0.4) is 0 Å². The summed E-state index contributed by atoms with van der Waals surface area (Å²) in [4.78, 5) is 0. The zero-order valence-corrected chi connectivity index (χ0v) is 9.74. The number of hydrogen-bond donors (Lipinski definition) is 1. The van der Waals surface area contributed by atoms with Gasteiger partial charge in [0.25, 0.3) is 0 Å². The maximum atomic E-state index is 5.78. The van der Waals surface area contributed by atoms with Crippen LogP contribution in [0.5, 0.6) is 5.75 Å². The maximum Gasteiger partial charge on any atom is 0.122 e. The predicted molar refractivity (Wildman–Crippen MR) is 63.5 cm³/mol. The topological polar surface area (TPSA) is 44.5 Å². The molecule has 0 bridgehead atoms. The molecule has 1 atom stereocenters. The monoisotopic (exact) mass is 221 g/mol. The molecule has 1 aromatic rings. The minimum atomic E-state index is 0.265. The summed E-state index contributed by atoms with van der Waals surface area (Å²) in [6.45, 7) is 4.12. The summed E-state index contributed by atoms with van der Waals surface area (Å²) in [6, 6.07) is 6.10. The Bertz CT molecular complexity index is 346. The zero-order chi connectivity index (χ0) is 11.4. The van der Waals surface area contributed by atoms with E-state index < -0.39 is 0 Å². The second-order valence-corrected chi connectivity index (χ2v) is 4.25. The quantitative estimate of drug-likeness (QED) is 0.846. The number of ether oxygens (including phenoxy) is 2. The fraction of sp³-hybridized carbons (Fsp3) is 0.538. The van der Waals surface area contributed by atoms with Gasteiger partial charge in [-0.05, 0) is 37.0 Å². The predicted octanol–water partition coefficient (Wildman–Crippen LogP) is 2.01. The molecule has 1 aliphatic heterocycles. The molecule has 2 rings (SSSR count). The van der Waals surface area contributed by atoms with Gasteiger partial charge in [0.1, 0.15) is 12.4 Å². The van der Waals surface area contributed by atoms with Crippen LogP contribution in [0, 0.1) is 6.92 Å². The Kier molecular flexibility index (Phi) is 3.80. The molecular formula is C13H19NO2. The van der Waals surface area contributed by atoms with Gasteiger partial charge in [0.15, 0.2) is 0 Å². The Balaban J connectivity index is 1.96. The highest BCUT2D eigenvalue weighted by Crippen LogP contribution is 2.21. The van der Waals surface area contributed by atoms with Crippen molar-refractivity contribution in [2.45, 2.75) is 32.4 Å². The Morgan fingerprint density at radius 1 is 1.50 bits per heavy atom. The van der Waals surface area contributed by atoms with Crippen molar-refractivity contribution in [1.82, 2.24) is 0 Å². The fourth-order valence-corrected chi connectivity index (χ4v) is 1.89. The first-order valence-corrected chi connectivity index (χ1v) is 5.83. The number of rotatable bonds is 4. The summed E-state index contributed by atoms with van der Waals surface area (Å²) in [5.74, 6) is 0.929. The van der Waals surface area contributed by atoms with Crippen molar-refractivity contribution in [3.63, 3.8) is 0 Å². The lowest BCUT2D eigenvalue weighted by atomic mass is 10.1. The van der Waals surface area contributed by atoms with Gasteiger partial charge in [0, 0.05) is 13.2 Å². The lowest BCUT2D eigenvalue weighted by Crippen LogP contribution is -2.16. The van der Waals surface area contributed by atoms with Crippen molar-refractivity contribution in [2.75, 3.05) is 13.2 Å². The minimum absolute atomic E-state index is 0.265. The zero-order valence-electron chi connectivity index (χ0n) is 9.74. The summed E-state index contributed by atoms with van der Waals surface area (Å²) in [5.41, 5.74) is 7.86. The lowest BCUT2D eigenvalue weighted by molar-refractivity contribution is 0.0677. The molecular weight excluding hydrogens is 202 g/mol. The van der Waals surface area contributed by atoms with Crippen molar-refractivity contribution in [1.29, 1.82) is 0 Å². The SMILES string of the molecule is Cc1ccc(CN)cc1OCC1CCCO1. The van der Waals surface area contributed by atoms with Crippen LogP contribution >= 0.6 is 0 Å². The number of aryl methyl sites for hydroxylation is 1. The van der Waals surface area contributed by atoms with Crippen LogP contribution in [0.2, 0.25) is 0 Å². The Morgan fingerprint density at radius 2 is 2.38 bits per heavy atom. The van der Waals surface area contributed by atoms with E-state index in [1.54, 1.807) is 0 Å². The molecule has 0 aliphatic carbocycles. The van der Waals surface area contributed by atoms with Crippen molar-refractivity contribution >= 4 is 0 Å². The van der Waals surface area contributed by atoms with Gasteiger partial charge in [0.05, 0.1) is 6.10 Å². The fourth-order valence-electron chi connectivity index (χ4n) is 1.89. The second kappa shape index (κ2) is 5.32. The van der Waals surface area contributed by atoms with E-state index in [0.717, 1.165) is 36.3 Å². The van der Waals surface area contributed by atoms with Crippen LogP contribution in [0.15, 0.2) is 18.2 Å². The van der Waals surface area contributed by atoms with E-state index in [1.165, 1.54) is 0 Å². The molecule has 0 amide bonds. The molecule has 0 saturated carbocycles. The van der Waals surface area contributed by atoms with Crippen molar-refractivity contribution in [3.05, 3.63) is 29.3 Å². The van der Waals surface area contributed by atoms with Crippen LogP contribution in [0.25, 0.3) is 0 Å². The maximum absolute atomic E-state index is 5.78. The van der Waals surface area contributed by atoms with E-state index in [1.807, 2.05) is 25.1 Å². The van der Waals surface area contributed by atoms with Gasteiger partial charge in [0.2, 0.25) is 0 Å². The standard InChI is InChI=1S/C13H19NO2/c1-10-4-5-11(8-14)7-13(10)16-9-12-3-2-6-15-12/h4-5,7,12H,2-3,6,8-9,14H2,1H3. The van der Waals surface area contributed by atoms with E-state index in [4.69, 9.17) is 15.2 Å². The molecule has 1 fully saturated rings. The third-order valence-corrected chi connectivity index (χ3v) is 2.94. The Morgan fingerprint density at radius 3 is 3.06 bits per heavy atom. The molecule has 16 heavy (non-hydrogen) atoms. The van der Waals surface area contributed by atoms with E-state index >= 15 is 0 Å². The Hall–Kier alpha value is -1.06. The van der Waals surface area contributed by atoms with Crippen LogP contribution in [-0.2, 0) is 11.3 Å². The van der Waals surface area contributed by atoms with Crippen LogP contribution in [0.1, 0.15) is 24.0 Å². The van der Waals surface area contributed by atoms with Gasteiger partial charge in [-0.15, -0.1) is 0 Å². The summed E-state index contributed by atoms with van der Waals surface area (Å²) in [7, 11) is 0. The van der Waals surface area contributed by atoms with E-state index in [0.29, 0.717) is 13.2 Å². The summed E-state index contributed by atoms with van der Waals surface area (Å²) in [5, 5.41) is 0. The minimum Gasteiger partial charge on any atom is -0.491 e. The van der Waals surface area contributed by atoms with Crippen LogP contribution in [0.4, 0.5) is 0 Å². The van der Waals surface area contributed by atoms with E-state index in [2.05, 4.69) is 0 Å². The third-order valence-electron chi connectivity index (χ3n) is 2.94. The molecule has 1 unspecified atom stereocenters. The van der Waals surface area contributed by atoms with Gasteiger partial charge < -0.3 is 15.2 Å². The second-order valence-electron chi connectivity index (χ2n) is 4.25. The van der Waals surface area contributed by atoms with Crippen LogP contribution in [-0.4, -0.2) is 19.3 Å². The number of hydrogen-bond acceptors (Lipinski definition) is 3. The highest BCUT2D eigenvalue weighted by Gasteiger charge is 2.16. The van der Waals surface area contributed by atoms with E-state index in [-0.39, 0.29) is 6.10 Å². The number of benzene rings is 1. The summed E-state index contributed by atoms with van der Waals surface area (Å²) in [6.07, 6.45) is 2.52. The van der Waals surface area contributed by atoms with Crippen molar-refractivity contribution < 1.29 is 9.47 Å². The Labute approximate surface area is 96.5 Å². The largest absolute Gasteiger partial charge is 0.491 e. The highest BCUT2D eigenvalue weighted by atomic mass is 16.5. The molecule has 0 radical (unpaired) electrons. The summed E-state index contributed by atoms with van der Waals surface area (Å²) >= 11 is 0. The van der Waals surface area contributed by atoms with Crippen molar-refractivity contribution in [2.24, 2.45) is 5.73 Å². The average Bonchev–Trinajstić information content (AvgIpc) is 2.81. The van der Waals surface area contributed by atoms with Gasteiger partial charge in [-0.1, -0.05) is 12.1 Å². The number of nitrogens with two attached hydrogens (primary N) is 1. The molecule has 88 valence electrons. The normalized spacial score (nSPS) is 20.0. The molecule has 0 spiro atoms. The summed E-state index contributed by atoms with van der Waals surface area (Å²) < 4.78 is 11.3. The highest BCUT2D eigenvalue weighted by molar-refractivity contribution is 5.36. The molecule has 1 aromatic carbocycles. The molecule has 1 saturated heterocycles. The van der Waals surface area contributed by atoms with Crippen molar-refractivity contribution in [3.8, 4) is 5.75 Å².